The molecule has 0 N–H and O–H groups in total. The minimum absolute atomic E-state index is 0.140. The van der Waals surface area contributed by atoms with E-state index in [4.69, 9.17) is 11.6 Å². The number of nitrogens with zero attached hydrogens (tertiary/aromatic N) is 1. The smallest absolute Gasteiger partial charge is 0.252 e. The topological polar surface area (TPSA) is 54.5 Å². The summed E-state index contributed by atoms with van der Waals surface area (Å²) in [5.74, 6) is 0.555. The third kappa shape index (κ3) is 3.05. The largest absolute Gasteiger partial charge is 0.276 e. The maximum absolute atomic E-state index is 12.6. The van der Waals surface area contributed by atoms with Gasteiger partial charge in [-0.3, -0.25) is 4.79 Å². The Hall–Kier alpha value is -0.910. The van der Waals surface area contributed by atoms with Crippen LogP contribution in [-0.2, 0) is 10.0 Å². The average molecular weight is 316 g/mol. The second-order valence-corrected chi connectivity index (χ2v) is 7.62. The summed E-state index contributed by atoms with van der Waals surface area (Å²) in [7, 11) is -3.54. The van der Waals surface area contributed by atoms with Gasteiger partial charge in [0.15, 0.2) is 0 Å². The summed E-state index contributed by atoms with van der Waals surface area (Å²) in [6.45, 7) is 4.91. The van der Waals surface area contributed by atoms with Gasteiger partial charge in [-0.15, -0.1) is 0 Å². The lowest BCUT2D eigenvalue weighted by molar-refractivity contribution is 0.108. The third-order valence-corrected chi connectivity index (χ3v) is 5.90. The van der Waals surface area contributed by atoms with E-state index in [0.717, 1.165) is 12.8 Å². The SMILES string of the molecule is Cc1ccc(S(=O)(=O)N2CCC(C)CC2)cc1C(=O)Cl. The van der Waals surface area contributed by atoms with Crippen molar-refractivity contribution in [2.24, 2.45) is 5.92 Å². The molecule has 1 aliphatic heterocycles. The zero-order valence-corrected chi connectivity index (χ0v) is 13.2. The van der Waals surface area contributed by atoms with Crippen LogP contribution in [0, 0.1) is 12.8 Å². The molecule has 2 rings (SSSR count). The highest BCUT2D eigenvalue weighted by Crippen LogP contribution is 2.25. The van der Waals surface area contributed by atoms with E-state index < -0.39 is 15.3 Å². The molecule has 0 aliphatic carbocycles. The Kier molecular flexibility index (Phi) is 4.52. The van der Waals surface area contributed by atoms with Crippen LogP contribution in [0.15, 0.2) is 23.1 Å². The summed E-state index contributed by atoms with van der Waals surface area (Å²) in [5, 5.41) is -0.633. The van der Waals surface area contributed by atoms with Gasteiger partial charge in [-0.25, -0.2) is 8.42 Å². The van der Waals surface area contributed by atoms with Crippen molar-refractivity contribution in [2.45, 2.75) is 31.6 Å². The average Bonchev–Trinajstić information content (AvgIpc) is 2.39. The molecule has 1 fully saturated rings. The minimum atomic E-state index is -3.54. The monoisotopic (exact) mass is 315 g/mol. The maximum atomic E-state index is 12.6. The number of piperidine rings is 1. The Balaban J connectivity index is 2.35. The molecule has 0 aromatic heterocycles. The van der Waals surface area contributed by atoms with Gasteiger partial charge in [0.1, 0.15) is 0 Å². The van der Waals surface area contributed by atoms with Crippen molar-refractivity contribution in [1.29, 1.82) is 0 Å². The summed E-state index contributed by atoms with van der Waals surface area (Å²) in [4.78, 5) is 11.5. The zero-order valence-electron chi connectivity index (χ0n) is 11.6. The normalized spacial score (nSPS) is 18.1. The Morgan fingerprint density at radius 3 is 2.45 bits per heavy atom. The second-order valence-electron chi connectivity index (χ2n) is 5.34. The maximum Gasteiger partial charge on any atom is 0.252 e. The molecular formula is C14H18ClNO3S. The molecular weight excluding hydrogens is 298 g/mol. The van der Waals surface area contributed by atoms with Gasteiger partial charge >= 0.3 is 0 Å². The molecule has 20 heavy (non-hydrogen) atoms. The van der Waals surface area contributed by atoms with E-state index in [0.29, 0.717) is 24.6 Å². The van der Waals surface area contributed by atoms with E-state index in [2.05, 4.69) is 6.92 Å². The number of carbonyl (C=O) groups excluding carboxylic acids is 1. The van der Waals surface area contributed by atoms with Gasteiger partial charge in [0, 0.05) is 18.7 Å². The lowest BCUT2D eigenvalue weighted by Crippen LogP contribution is -2.37. The van der Waals surface area contributed by atoms with Gasteiger partial charge in [-0.1, -0.05) is 13.0 Å². The number of halogens is 1. The van der Waals surface area contributed by atoms with Crippen LogP contribution < -0.4 is 0 Å². The van der Waals surface area contributed by atoms with Crippen molar-refractivity contribution in [2.75, 3.05) is 13.1 Å². The molecule has 0 spiro atoms. The van der Waals surface area contributed by atoms with E-state index in [-0.39, 0.29) is 10.5 Å². The highest BCUT2D eigenvalue weighted by Gasteiger charge is 2.28. The van der Waals surface area contributed by atoms with Crippen LogP contribution in [0.3, 0.4) is 0 Å². The summed E-state index contributed by atoms with van der Waals surface area (Å²) in [6.07, 6.45) is 1.73. The van der Waals surface area contributed by atoms with Crippen LogP contribution in [0.1, 0.15) is 35.7 Å². The van der Waals surface area contributed by atoms with E-state index in [9.17, 15) is 13.2 Å². The van der Waals surface area contributed by atoms with Crippen molar-refractivity contribution in [1.82, 2.24) is 4.31 Å². The summed E-state index contributed by atoms with van der Waals surface area (Å²) >= 11 is 5.49. The number of benzene rings is 1. The van der Waals surface area contributed by atoms with Crippen LogP contribution in [0.4, 0.5) is 0 Å². The Morgan fingerprint density at radius 1 is 1.30 bits per heavy atom. The van der Waals surface area contributed by atoms with Crippen LogP contribution >= 0.6 is 11.6 Å². The van der Waals surface area contributed by atoms with Crippen molar-refractivity contribution in [3.8, 4) is 0 Å². The molecule has 0 saturated carbocycles. The molecule has 110 valence electrons. The number of aryl methyl sites for hydroxylation is 1. The number of sulfonamides is 1. The molecule has 0 radical (unpaired) electrons. The molecule has 0 amide bonds. The van der Waals surface area contributed by atoms with Crippen molar-refractivity contribution < 1.29 is 13.2 Å². The molecule has 1 aliphatic rings. The lowest BCUT2D eigenvalue weighted by Gasteiger charge is -2.29. The van der Waals surface area contributed by atoms with Crippen molar-refractivity contribution >= 4 is 26.9 Å². The standard InChI is InChI=1S/C14H18ClNO3S/c1-10-5-7-16(8-6-10)20(18,19)12-4-3-11(2)13(9-12)14(15)17/h3-4,9-10H,5-8H2,1-2H3. The lowest BCUT2D eigenvalue weighted by atomic mass is 10.0. The second kappa shape index (κ2) is 5.84. The van der Waals surface area contributed by atoms with Gasteiger partial charge in [-0.2, -0.15) is 4.31 Å². The summed E-state index contributed by atoms with van der Waals surface area (Å²) in [5.41, 5.74) is 0.925. The predicted molar refractivity (Wildman–Crippen MR) is 78.5 cm³/mol. The summed E-state index contributed by atoms with van der Waals surface area (Å²) in [6, 6.07) is 4.53. The Bertz CT molecular complexity index is 619. The zero-order chi connectivity index (χ0) is 14.9. The first-order valence-electron chi connectivity index (χ1n) is 6.63. The Morgan fingerprint density at radius 2 is 1.90 bits per heavy atom. The van der Waals surface area contributed by atoms with E-state index in [1.54, 1.807) is 13.0 Å². The quantitative estimate of drug-likeness (QED) is 0.806. The minimum Gasteiger partial charge on any atom is -0.276 e. The number of rotatable bonds is 3. The molecule has 0 atom stereocenters. The van der Waals surface area contributed by atoms with Gasteiger partial charge in [0.05, 0.1) is 4.90 Å². The molecule has 0 unspecified atom stereocenters. The molecule has 1 saturated heterocycles. The fraction of sp³-hybridized carbons (Fsp3) is 0.500. The molecule has 1 heterocycles. The molecule has 1 aromatic carbocycles. The number of hydrogen-bond acceptors (Lipinski definition) is 3. The number of carbonyl (C=O) groups is 1. The fourth-order valence-electron chi connectivity index (χ4n) is 2.35. The van der Waals surface area contributed by atoms with Crippen LogP contribution in [0.2, 0.25) is 0 Å². The van der Waals surface area contributed by atoms with Gasteiger partial charge in [0.2, 0.25) is 10.0 Å². The van der Waals surface area contributed by atoms with Crippen molar-refractivity contribution in [3.05, 3.63) is 29.3 Å². The van der Waals surface area contributed by atoms with E-state index >= 15 is 0 Å². The highest BCUT2D eigenvalue weighted by atomic mass is 35.5. The molecule has 0 bridgehead atoms. The van der Waals surface area contributed by atoms with Crippen LogP contribution in [-0.4, -0.2) is 31.1 Å². The van der Waals surface area contributed by atoms with E-state index in [1.165, 1.54) is 16.4 Å². The highest BCUT2D eigenvalue weighted by molar-refractivity contribution is 7.89. The van der Waals surface area contributed by atoms with Crippen molar-refractivity contribution in [3.63, 3.8) is 0 Å². The first kappa shape index (κ1) is 15.5. The predicted octanol–water partition coefficient (Wildman–Crippen LogP) is 2.79. The Labute approximate surface area is 124 Å². The molecule has 1 aromatic rings. The first-order chi connectivity index (χ1) is 9.32. The molecule has 4 nitrogen and oxygen atoms in total. The van der Waals surface area contributed by atoms with Gasteiger partial charge < -0.3 is 0 Å². The fourth-order valence-corrected chi connectivity index (χ4v) is 4.05. The van der Waals surface area contributed by atoms with Crippen LogP contribution in [0.5, 0.6) is 0 Å². The third-order valence-electron chi connectivity index (χ3n) is 3.80. The van der Waals surface area contributed by atoms with Gasteiger partial charge in [-0.05, 0) is 55.0 Å². The number of hydrogen-bond donors (Lipinski definition) is 0. The molecule has 6 heteroatoms. The summed E-state index contributed by atoms with van der Waals surface area (Å²) < 4.78 is 26.6. The van der Waals surface area contributed by atoms with Gasteiger partial charge in [0.25, 0.3) is 5.24 Å². The van der Waals surface area contributed by atoms with Crippen LogP contribution in [0.25, 0.3) is 0 Å². The van der Waals surface area contributed by atoms with E-state index in [1.807, 2.05) is 0 Å². The first-order valence-corrected chi connectivity index (χ1v) is 8.45.